The lowest BCUT2D eigenvalue weighted by atomic mass is 10.0. The van der Waals surface area contributed by atoms with E-state index in [1.807, 2.05) is 0 Å². The lowest BCUT2D eigenvalue weighted by Gasteiger charge is -2.26. The second-order valence-corrected chi connectivity index (χ2v) is 6.57. The maximum Gasteiger partial charge on any atom is 0.278 e. The lowest BCUT2D eigenvalue weighted by Crippen LogP contribution is -2.82. The van der Waals surface area contributed by atoms with Crippen molar-refractivity contribution in [3.05, 3.63) is 35.7 Å². The summed E-state index contributed by atoms with van der Waals surface area (Å²) in [7, 11) is 0. The molecule has 1 aliphatic rings. The van der Waals surface area contributed by atoms with Gasteiger partial charge >= 0.3 is 0 Å². The lowest BCUT2D eigenvalue weighted by molar-refractivity contribution is -0.564. The van der Waals surface area contributed by atoms with Crippen molar-refractivity contribution >= 4 is 40.0 Å². The maximum atomic E-state index is 12.4. The number of hydrogen-bond donors (Lipinski definition) is 4. The van der Waals surface area contributed by atoms with Gasteiger partial charge in [-0.15, -0.1) is 0 Å². The number of carbonyl (C=O) groups excluding carboxylic acids is 1. The normalized spacial score (nSPS) is 14.3. The molecular weight excluding hydrogens is 376 g/mol. The van der Waals surface area contributed by atoms with Gasteiger partial charge in [0.1, 0.15) is 17.7 Å². The predicted molar refractivity (Wildman–Crippen MR) is 105 cm³/mol. The number of nitrogens with one attached hydrogen (secondary N) is 1. The summed E-state index contributed by atoms with van der Waals surface area (Å²) in [4.78, 5) is 22.4. The van der Waals surface area contributed by atoms with Gasteiger partial charge < -0.3 is 25.6 Å². The van der Waals surface area contributed by atoms with E-state index in [-0.39, 0.29) is 29.8 Å². The minimum atomic E-state index is -0.0263. The van der Waals surface area contributed by atoms with Gasteiger partial charge in [-0.3, -0.25) is 15.5 Å². The molecule has 1 amide bonds. The summed E-state index contributed by atoms with van der Waals surface area (Å²) in [5, 5.41) is 14.7. The number of ether oxygens (including phenoxy) is 1. The number of rotatable bonds is 5. The van der Waals surface area contributed by atoms with Crippen LogP contribution in [0.4, 0.5) is 17.5 Å². The van der Waals surface area contributed by atoms with E-state index in [1.54, 1.807) is 28.4 Å². The fraction of sp³-hybridized carbons (Fsp3) is 0.278. The molecule has 4 rings (SSSR count). The van der Waals surface area contributed by atoms with Crippen molar-refractivity contribution in [2.45, 2.75) is 0 Å². The monoisotopic (exact) mass is 397 g/mol. The van der Waals surface area contributed by atoms with Crippen LogP contribution in [0.2, 0.25) is 0 Å². The van der Waals surface area contributed by atoms with E-state index in [2.05, 4.69) is 15.1 Å². The number of nitrogens with zero attached hydrogens (tertiary/aromatic N) is 4. The first-order valence-corrected chi connectivity index (χ1v) is 9.08. The second-order valence-electron chi connectivity index (χ2n) is 6.57. The van der Waals surface area contributed by atoms with Crippen molar-refractivity contribution in [3.63, 3.8) is 0 Å². The van der Waals surface area contributed by atoms with Gasteiger partial charge in [-0.1, -0.05) is 5.16 Å². The van der Waals surface area contributed by atoms with E-state index in [0.717, 1.165) is 0 Å². The molecule has 3 heterocycles. The summed E-state index contributed by atoms with van der Waals surface area (Å²) in [6, 6.07) is 5.11. The third-order valence-corrected chi connectivity index (χ3v) is 4.78. The summed E-state index contributed by atoms with van der Waals surface area (Å²) < 4.78 is 10.4. The summed E-state index contributed by atoms with van der Waals surface area (Å²) in [6.45, 7) is 2.37. The van der Waals surface area contributed by atoms with Crippen LogP contribution in [0.3, 0.4) is 0 Å². The summed E-state index contributed by atoms with van der Waals surface area (Å²) >= 11 is 0. The molecule has 11 heteroatoms. The Morgan fingerprint density at radius 1 is 1.21 bits per heavy atom. The molecule has 0 aliphatic carbocycles. The number of quaternary nitrogens is 1. The van der Waals surface area contributed by atoms with E-state index < -0.39 is 0 Å². The topological polar surface area (TPSA) is 174 Å². The Morgan fingerprint density at radius 3 is 2.79 bits per heavy atom. The highest BCUT2D eigenvalue weighted by atomic mass is 16.5. The first-order valence-electron chi connectivity index (χ1n) is 9.08. The van der Waals surface area contributed by atoms with Crippen LogP contribution < -0.4 is 16.8 Å². The molecule has 3 aromatic rings. The van der Waals surface area contributed by atoms with Gasteiger partial charge in [0, 0.05) is 18.7 Å². The standard InChI is InChI=1S/C18H20N8O3/c19-15(10-1-2-12-11(7-10)16(20)25-29-12)14-17(21)23-9-24-18(14)22-8-13(27)26-3-5-28-6-4-26/h1-2,7,9,19H,3-6,8H2,(H2,20,25)(H3,21,22,23,24)/p+1. The van der Waals surface area contributed by atoms with Crippen molar-refractivity contribution in [3.8, 4) is 0 Å². The smallest absolute Gasteiger partial charge is 0.278 e. The highest BCUT2D eigenvalue weighted by molar-refractivity contribution is 6.16. The number of anilines is 2. The number of nitrogens with two attached hydrogens (primary N) is 3. The molecule has 0 radical (unpaired) electrons. The summed E-state index contributed by atoms with van der Waals surface area (Å²) in [6.07, 6.45) is 1.32. The summed E-state index contributed by atoms with van der Waals surface area (Å²) in [5.74, 6) is 0.812. The van der Waals surface area contributed by atoms with Crippen molar-refractivity contribution < 1.29 is 19.4 Å². The van der Waals surface area contributed by atoms with Crippen LogP contribution in [-0.4, -0.2) is 64.5 Å². The average Bonchev–Trinajstić information content (AvgIpc) is 3.12. The molecule has 11 nitrogen and oxygen atoms in total. The van der Waals surface area contributed by atoms with Gasteiger partial charge in [-0.25, -0.2) is 4.98 Å². The first-order chi connectivity index (χ1) is 14.0. The third-order valence-electron chi connectivity index (χ3n) is 4.78. The fourth-order valence-electron chi connectivity index (χ4n) is 3.21. The number of hydrogen-bond acceptors (Lipinski definition) is 9. The van der Waals surface area contributed by atoms with E-state index >= 15 is 0 Å². The van der Waals surface area contributed by atoms with Crippen LogP contribution >= 0.6 is 0 Å². The number of aromatic nitrogens is 3. The number of fused-ring (bicyclic) bond motifs is 1. The van der Waals surface area contributed by atoms with E-state index in [1.165, 1.54) is 6.33 Å². The van der Waals surface area contributed by atoms with Crippen LogP contribution in [0, 0.1) is 5.41 Å². The zero-order valence-corrected chi connectivity index (χ0v) is 15.6. The minimum Gasteiger partial charge on any atom is -0.383 e. The summed E-state index contributed by atoms with van der Waals surface area (Å²) in [5.41, 5.74) is 13.4. The predicted octanol–water partition coefficient (Wildman–Crippen LogP) is -0.748. The molecule has 1 aliphatic heterocycles. The molecule has 0 unspecified atom stereocenters. The Balaban J connectivity index is 1.58. The SMILES string of the molecule is N=C(c1ccc2onc(N)c2c1)c1c(N)ncnc1[NH2+]CC(=O)N1CCOCC1. The highest BCUT2D eigenvalue weighted by Crippen LogP contribution is 2.25. The van der Waals surface area contributed by atoms with Crippen molar-refractivity contribution in [2.75, 3.05) is 44.3 Å². The Morgan fingerprint density at radius 2 is 2.00 bits per heavy atom. The second kappa shape index (κ2) is 7.81. The van der Waals surface area contributed by atoms with Crippen LogP contribution in [0.25, 0.3) is 11.0 Å². The average molecular weight is 397 g/mol. The van der Waals surface area contributed by atoms with Gasteiger partial charge in [0.25, 0.3) is 5.91 Å². The number of carbonyl (C=O) groups is 1. The third kappa shape index (κ3) is 3.73. The van der Waals surface area contributed by atoms with Crippen LogP contribution in [0.1, 0.15) is 11.1 Å². The van der Waals surface area contributed by atoms with Gasteiger partial charge in [-0.05, 0) is 18.2 Å². The largest absolute Gasteiger partial charge is 0.383 e. The number of benzene rings is 1. The quantitative estimate of drug-likeness (QED) is 0.407. The Hall–Kier alpha value is -3.57. The number of nitrogen functional groups attached to an aromatic ring is 2. The van der Waals surface area contributed by atoms with Crippen molar-refractivity contribution in [2.24, 2.45) is 0 Å². The van der Waals surface area contributed by atoms with E-state index in [4.69, 9.17) is 26.1 Å². The molecule has 1 fully saturated rings. The molecule has 0 atom stereocenters. The zero-order valence-electron chi connectivity index (χ0n) is 15.6. The van der Waals surface area contributed by atoms with Gasteiger partial charge in [0.05, 0.1) is 24.3 Å². The van der Waals surface area contributed by atoms with Gasteiger partial charge in [-0.2, -0.15) is 4.98 Å². The number of amides is 1. The number of morpholine rings is 1. The highest BCUT2D eigenvalue weighted by Gasteiger charge is 2.23. The Labute approximate surface area is 165 Å². The minimum absolute atomic E-state index is 0.0263. The Bertz CT molecular complexity index is 1070. The Kier molecular flexibility index (Phi) is 5.06. The molecule has 150 valence electrons. The molecule has 1 saturated heterocycles. The first kappa shape index (κ1) is 18.8. The molecular formula is C18H21N8O3+. The van der Waals surface area contributed by atoms with Crippen LogP contribution in [0.15, 0.2) is 29.0 Å². The molecule has 7 N–H and O–H groups in total. The molecule has 29 heavy (non-hydrogen) atoms. The molecule has 2 aromatic heterocycles. The van der Waals surface area contributed by atoms with Crippen LogP contribution in [-0.2, 0) is 9.53 Å². The van der Waals surface area contributed by atoms with Crippen LogP contribution in [0.5, 0.6) is 0 Å². The molecule has 0 bridgehead atoms. The van der Waals surface area contributed by atoms with E-state index in [0.29, 0.717) is 54.2 Å². The van der Waals surface area contributed by atoms with Gasteiger partial charge in [0.15, 0.2) is 17.9 Å². The van der Waals surface area contributed by atoms with Crippen molar-refractivity contribution in [1.29, 1.82) is 5.41 Å². The maximum absolute atomic E-state index is 12.4. The van der Waals surface area contributed by atoms with Crippen molar-refractivity contribution in [1.82, 2.24) is 20.0 Å². The molecule has 1 aromatic carbocycles. The molecule has 0 saturated carbocycles. The van der Waals surface area contributed by atoms with Gasteiger partial charge in [0.2, 0.25) is 5.82 Å². The molecule has 0 spiro atoms. The zero-order chi connectivity index (χ0) is 20.4. The fourth-order valence-corrected chi connectivity index (χ4v) is 3.21. The van der Waals surface area contributed by atoms with E-state index in [9.17, 15) is 4.79 Å².